The van der Waals surface area contributed by atoms with Gasteiger partial charge in [0, 0.05) is 60.4 Å². The van der Waals surface area contributed by atoms with E-state index in [1.807, 2.05) is 80.7 Å². The quantitative estimate of drug-likeness (QED) is 0.0344. The predicted octanol–water partition coefficient (Wildman–Crippen LogP) is 6.58. The molecule has 0 aliphatic carbocycles. The third kappa shape index (κ3) is 12.8. The molecule has 1 aliphatic heterocycles. The highest BCUT2D eigenvalue weighted by atomic mass is 19.1. The number of carbonyl (C=O) groups excluding carboxylic acids is 4. The van der Waals surface area contributed by atoms with Crippen LogP contribution in [-0.4, -0.2) is 104 Å². The van der Waals surface area contributed by atoms with Gasteiger partial charge in [-0.15, -0.1) is 0 Å². The Kier molecular flexibility index (Phi) is 18.1. The van der Waals surface area contributed by atoms with Gasteiger partial charge in [-0.3, -0.25) is 19.4 Å². The number of hydrogen-bond acceptors (Lipinski definition) is 11. The van der Waals surface area contributed by atoms with Gasteiger partial charge in [-0.1, -0.05) is 62.4 Å². The number of H-pyrrole nitrogens is 1. The molecule has 1 aliphatic rings. The zero-order valence-corrected chi connectivity index (χ0v) is 37.0. The summed E-state index contributed by atoms with van der Waals surface area (Å²) < 4.78 is 24.5. The summed E-state index contributed by atoms with van der Waals surface area (Å²) in [5.41, 5.74) is 5.57. The van der Waals surface area contributed by atoms with E-state index in [4.69, 9.17) is 14.5 Å². The van der Waals surface area contributed by atoms with Crippen LogP contribution in [0, 0.1) is 11.7 Å². The first-order chi connectivity index (χ1) is 31.0. The lowest BCUT2D eigenvalue weighted by Gasteiger charge is -2.31. The molecule has 5 N–H and O–H groups in total. The second kappa shape index (κ2) is 24.1. The average Bonchev–Trinajstić information content (AvgIpc) is 4.00. The zero-order chi connectivity index (χ0) is 46.0. The molecule has 1 fully saturated rings. The van der Waals surface area contributed by atoms with E-state index in [9.17, 15) is 14.4 Å². The van der Waals surface area contributed by atoms with Gasteiger partial charge in [0.15, 0.2) is 0 Å². The van der Waals surface area contributed by atoms with Gasteiger partial charge in [-0.25, -0.2) is 19.2 Å². The smallest absolute Gasteiger partial charge is 0.407 e. The summed E-state index contributed by atoms with van der Waals surface area (Å²) in [6, 6.07) is 23.2. The third-order valence-electron chi connectivity index (χ3n) is 10.9. The molecule has 64 heavy (non-hydrogen) atoms. The van der Waals surface area contributed by atoms with Crippen LogP contribution >= 0.6 is 0 Å². The summed E-state index contributed by atoms with van der Waals surface area (Å²) in [6.45, 7) is 9.20. The summed E-state index contributed by atoms with van der Waals surface area (Å²) in [7, 11) is 4.36. The van der Waals surface area contributed by atoms with Crippen molar-refractivity contribution < 1.29 is 33.0 Å². The third-order valence-corrected chi connectivity index (χ3v) is 10.9. The number of likely N-dealkylation sites (N-methyl/N-ethyl adjacent to an activating group) is 1. The fourth-order valence-corrected chi connectivity index (χ4v) is 7.55. The van der Waals surface area contributed by atoms with Gasteiger partial charge < -0.3 is 40.6 Å². The maximum Gasteiger partial charge on any atom is 0.407 e. The van der Waals surface area contributed by atoms with E-state index >= 15 is 4.39 Å². The van der Waals surface area contributed by atoms with Crippen LogP contribution in [0.3, 0.4) is 0 Å². The van der Waals surface area contributed by atoms with Gasteiger partial charge in [0.25, 0.3) is 6.47 Å². The number of aliphatic imine (C=N–C) groups is 1. The van der Waals surface area contributed by atoms with Gasteiger partial charge in [0.2, 0.25) is 11.8 Å². The van der Waals surface area contributed by atoms with Crippen LogP contribution in [0.1, 0.15) is 62.5 Å². The number of methoxy groups -OCH3 is 2. The maximum atomic E-state index is 15.9. The number of alkyl carbamates (subject to hydrolysis) is 1. The van der Waals surface area contributed by atoms with E-state index in [1.54, 1.807) is 18.0 Å². The van der Waals surface area contributed by atoms with E-state index in [1.165, 1.54) is 26.5 Å². The molecule has 15 nitrogen and oxygen atoms in total. The highest BCUT2D eigenvalue weighted by molar-refractivity contribution is 5.87. The number of ether oxygens (including phenoxy) is 2. The van der Waals surface area contributed by atoms with E-state index in [0.29, 0.717) is 48.6 Å². The minimum atomic E-state index is -0.725. The Morgan fingerprint density at radius 3 is 2.47 bits per heavy atom. The summed E-state index contributed by atoms with van der Waals surface area (Å²) in [5, 5.41) is 13.0. The summed E-state index contributed by atoms with van der Waals surface area (Å²) >= 11 is 0. The Hall–Kier alpha value is -6.94. The highest BCUT2D eigenvalue weighted by Gasteiger charge is 2.35. The lowest BCUT2D eigenvalue weighted by Crippen LogP contribution is -2.53. The number of likely N-dealkylation sites (tertiary alicyclic amines) is 1. The molecule has 0 bridgehead atoms. The van der Waals surface area contributed by atoms with Crippen LogP contribution in [0.15, 0.2) is 96.3 Å². The Balaban J connectivity index is 0.00000185. The number of benzene rings is 3. The Bertz CT molecular complexity index is 2390. The van der Waals surface area contributed by atoms with E-state index in [0.717, 1.165) is 65.7 Å². The molecule has 0 saturated carbocycles. The fourth-order valence-electron chi connectivity index (χ4n) is 7.55. The largest absolute Gasteiger partial charge is 0.471 e. The van der Waals surface area contributed by atoms with Crippen molar-refractivity contribution in [1.82, 2.24) is 41.1 Å². The Labute approximate surface area is 373 Å². The van der Waals surface area contributed by atoms with Crippen LogP contribution in [0.2, 0.25) is 0 Å². The van der Waals surface area contributed by atoms with Crippen molar-refractivity contribution in [2.45, 2.75) is 64.1 Å². The van der Waals surface area contributed by atoms with E-state index < -0.39 is 18.0 Å². The highest BCUT2D eigenvalue weighted by Crippen LogP contribution is 2.29. The van der Waals surface area contributed by atoms with Gasteiger partial charge in [0.05, 0.1) is 43.0 Å². The monoisotopic (exact) mass is 875 g/mol. The molecule has 3 amide bonds. The number of rotatable bonds is 19. The first-order valence-electron chi connectivity index (χ1n) is 21.3. The van der Waals surface area contributed by atoms with E-state index in [-0.39, 0.29) is 29.8 Å². The molecule has 0 radical (unpaired) electrons. The van der Waals surface area contributed by atoms with Gasteiger partial charge in [0.1, 0.15) is 23.7 Å². The zero-order valence-electron chi connectivity index (χ0n) is 37.0. The molecule has 3 aromatic carbocycles. The van der Waals surface area contributed by atoms with Crippen LogP contribution in [0.4, 0.5) is 9.18 Å². The number of fused-ring (bicyclic) bond motifs is 1. The standard InChI is InChI=1S/C46H54FN9O4.C2H4O2/c1-29(2)42(55-46(59)60-5)45(58)56-23-11-14-34(56)26-51-40(27-48-3)35-19-16-33(25-36(35)47)38-20-17-31-24-32(18-21-37(31)53-38)39-28-52-41(54-39)15-9-10-22-50-44(57)43(49-4)30-12-7-6-8-13-30;1-4-2-3/h6-8,12-13,16-21,24-25,27-29,34,42-43,49,51H,3,9-11,14-15,22-23,26H2,1-2,4-5H3,(H,50,57)(H,52,54)(H,55,59);2H,1H3/b40-27-;. The number of aromatic nitrogens is 3. The van der Waals surface area contributed by atoms with Crippen LogP contribution in [-0.2, 0) is 30.3 Å². The number of aryl methyl sites for hydroxylation is 1. The number of hydrogen-bond donors (Lipinski definition) is 5. The molecule has 0 spiro atoms. The maximum absolute atomic E-state index is 15.9. The summed E-state index contributed by atoms with van der Waals surface area (Å²) in [4.78, 5) is 65.7. The second-order valence-electron chi connectivity index (χ2n) is 15.5. The molecule has 2 aromatic heterocycles. The summed E-state index contributed by atoms with van der Waals surface area (Å²) in [6.07, 6.45) is 6.66. The van der Waals surface area contributed by atoms with Crippen molar-refractivity contribution in [3.63, 3.8) is 0 Å². The van der Waals surface area contributed by atoms with Crippen molar-refractivity contribution in [1.29, 1.82) is 0 Å². The molecule has 3 heterocycles. The van der Waals surface area contributed by atoms with Gasteiger partial charge in [-0.2, -0.15) is 0 Å². The molecular weight excluding hydrogens is 818 g/mol. The second-order valence-corrected chi connectivity index (χ2v) is 15.5. The van der Waals surface area contributed by atoms with Crippen molar-refractivity contribution in [2.75, 3.05) is 40.9 Å². The average molecular weight is 876 g/mol. The topological polar surface area (TPSA) is 192 Å². The minimum Gasteiger partial charge on any atom is -0.471 e. The Morgan fingerprint density at radius 2 is 1.78 bits per heavy atom. The minimum absolute atomic E-state index is 0.0441. The predicted molar refractivity (Wildman–Crippen MR) is 246 cm³/mol. The van der Waals surface area contributed by atoms with Crippen LogP contribution < -0.4 is 21.3 Å². The van der Waals surface area contributed by atoms with Crippen molar-refractivity contribution in [2.24, 2.45) is 10.9 Å². The number of carbonyl (C=O) groups is 4. The van der Waals surface area contributed by atoms with Gasteiger partial charge >= 0.3 is 6.09 Å². The molecule has 16 heteroatoms. The lowest BCUT2D eigenvalue weighted by molar-refractivity contribution is -0.135. The number of halogens is 1. The van der Waals surface area contributed by atoms with Crippen molar-refractivity contribution in [3.05, 3.63) is 114 Å². The van der Waals surface area contributed by atoms with Crippen LogP contribution in [0.5, 0.6) is 0 Å². The first kappa shape index (κ1) is 48.1. The SMILES string of the molecule is C=N/C=C(\NCC1CCCN1C(=O)C(NC(=O)OC)C(C)C)c1ccc(-c2ccc3cc(-c4cnc(CCCCNC(=O)C(NC)c5ccccc5)[nH]4)ccc3n2)cc1F.COC=O. The van der Waals surface area contributed by atoms with E-state index in [2.05, 4.69) is 53.7 Å². The number of aromatic amines is 1. The molecule has 5 aromatic rings. The van der Waals surface area contributed by atoms with Gasteiger partial charge in [-0.05, 0) is 81.3 Å². The Morgan fingerprint density at radius 1 is 1.02 bits per heavy atom. The van der Waals surface area contributed by atoms with Crippen LogP contribution in [0.25, 0.3) is 39.1 Å². The number of imidazole rings is 1. The number of nitrogens with zero attached hydrogens (tertiary/aromatic N) is 4. The number of nitrogens with one attached hydrogen (secondary N) is 5. The molecule has 338 valence electrons. The first-order valence-corrected chi connectivity index (χ1v) is 21.3. The molecule has 3 unspecified atom stereocenters. The lowest BCUT2D eigenvalue weighted by atomic mass is 10.0. The summed E-state index contributed by atoms with van der Waals surface area (Å²) in [5.74, 6) is 0.0573. The molecular formula is C48H58FN9O6. The molecule has 1 saturated heterocycles. The van der Waals surface area contributed by atoms with Crippen molar-refractivity contribution in [3.8, 4) is 22.5 Å². The normalized spacial score (nSPS) is 14.5. The number of pyridine rings is 1. The molecule has 3 atom stereocenters. The fraction of sp³-hybridized carbons (Fsp3) is 0.354. The van der Waals surface area contributed by atoms with Crippen molar-refractivity contribution >= 4 is 47.7 Å². The number of unbranched alkanes of at least 4 members (excludes halogenated alkanes) is 1. The molecule has 6 rings (SSSR count). The number of amides is 3.